The first kappa shape index (κ1) is 20.4. The molecule has 1 fully saturated rings. The largest absolute Gasteiger partial charge is 0.497 e. The molecule has 1 saturated carbocycles. The summed E-state index contributed by atoms with van der Waals surface area (Å²) in [4.78, 5) is 2.72. The third-order valence-electron chi connectivity index (χ3n) is 4.99. The number of methoxy groups -OCH3 is 2. The fraction of sp³-hybridized carbons (Fsp3) is 0.364. The fourth-order valence-corrected chi connectivity index (χ4v) is 3.38. The Morgan fingerprint density at radius 3 is 2.20 bits per heavy atom. The van der Waals surface area contributed by atoms with Gasteiger partial charge in [-0.3, -0.25) is 4.90 Å². The Kier molecular flexibility index (Phi) is 6.35. The molecule has 0 spiro atoms. The van der Waals surface area contributed by atoms with E-state index in [0.29, 0.717) is 29.2 Å². The van der Waals surface area contributed by atoms with Crippen molar-refractivity contribution >= 4 is 12.2 Å². The Balaban J connectivity index is 1.38. The van der Waals surface area contributed by atoms with E-state index in [-0.39, 0.29) is 6.61 Å². The van der Waals surface area contributed by atoms with Crippen LogP contribution in [0.25, 0.3) is 0 Å². The number of nitrogens with zero attached hydrogens (tertiary/aromatic N) is 3. The van der Waals surface area contributed by atoms with E-state index in [1.165, 1.54) is 18.4 Å². The standard InChI is InChI=1S/C22H25N3O4S/c1-26-18-7-3-16(4-8-18)13-24(17-5-6-17)15-25-22(30)29-21(23-25)14-28-20-11-9-19(27-2)10-12-20/h3-4,7-12,17H,5-6,13-15H2,1-2H3. The third-order valence-corrected chi connectivity index (χ3v) is 5.29. The zero-order valence-electron chi connectivity index (χ0n) is 17.1. The number of hydrogen-bond acceptors (Lipinski definition) is 7. The third kappa shape index (κ3) is 5.20. The van der Waals surface area contributed by atoms with Crippen LogP contribution in [0.1, 0.15) is 24.3 Å². The van der Waals surface area contributed by atoms with E-state index in [9.17, 15) is 0 Å². The van der Waals surface area contributed by atoms with Gasteiger partial charge in [0.2, 0.25) is 0 Å². The minimum absolute atomic E-state index is 0.213. The second-order valence-electron chi connectivity index (χ2n) is 7.19. The molecule has 0 aliphatic heterocycles. The highest BCUT2D eigenvalue weighted by atomic mass is 32.1. The topological polar surface area (TPSA) is 61.9 Å². The number of benzene rings is 2. The Bertz CT molecular complexity index is 1010. The Morgan fingerprint density at radius 1 is 1.00 bits per heavy atom. The maximum Gasteiger partial charge on any atom is 0.288 e. The van der Waals surface area contributed by atoms with Gasteiger partial charge >= 0.3 is 0 Å². The van der Waals surface area contributed by atoms with Crippen molar-refractivity contribution < 1.29 is 18.6 Å². The van der Waals surface area contributed by atoms with Crippen LogP contribution in [0.2, 0.25) is 0 Å². The molecule has 0 saturated heterocycles. The zero-order valence-corrected chi connectivity index (χ0v) is 17.9. The van der Waals surface area contributed by atoms with Crippen molar-refractivity contribution in [2.45, 2.75) is 38.7 Å². The van der Waals surface area contributed by atoms with E-state index < -0.39 is 0 Å². The normalized spacial score (nSPS) is 13.4. The van der Waals surface area contributed by atoms with Gasteiger partial charge in [0.1, 0.15) is 17.2 Å². The maximum atomic E-state index is 5.75. The van der Waals surface area contributed by atoms with Crippen molar-refractivity contribution in [2.24, 2.45) is 0 Å². The van der Waals surface area contributed by atoms with Crippen LogP contribution >= 0.6 is 12.2 Å². The van der Waals surface area contributed by atoms with Crippen LogP contribution in [0.4, 0.5) is 0 Å². The van der Waals surface area contributed by atoms with Crippen LogP contribution in [0.5, 0.6) is 17.2 Å². The molecule has 0 radical (unpaired) electrons. The van der Waals surface area contributed by atoms with Gasteiger partial charge in [-0.1, -0.05) is 12.1 Å². The van der Waals surface area contributed by atoms with Gasteiger partial charge in [-0.15, -0.1) is 5.10 Å². The first-order valence-corrected chi connectivity index (χ1v) is 10.3. The Morgan fingerprint density at radius 2 is 1.60 bits per heavy atom. The highest BCUT2D eigenvalue weighted by molar-refractivity contribution is 7.71. The maximum absolute atomic E-state index is 5.75. The van der Waals surface area contributed by atoms with Gasteiger partial charge in [-0.05, 0) is 67.0 Å². The van der Waals surface area contributed by atoms with E-state index in [1.807, 2.05) is 36.4 Å². The smallest absolute Gasteiger partial charge is 0.288 e. The van der Waals surface area contributed by atoms with Gasteiger partial charge < -0.3 is 18.6 Å². The molecule has 1 aliphatic carbocycles. The predicted octanol–water partition coefficient (Wildman–Crippen LogP) is 4.42. The van der Waals surface area contributed by atoms with Crippen LogP contribution in [0, 0.1) is 4.84 Å². The van der Waals surface area contributed by atoms with E-state index in [0.717, 1.165) is 18.0 Å². The summed E-state index contributed by atoms with van der Waals surface area (Å²) in [5.41, 5.74) is 1.22. The number of hydrogen-bond donors (Lipinski definition) is 0. The van der Waals surface area contributed by atoms with Crippen LogP contribution in [0.3, 0.4) is 0 Å². The average Bonchev–Trinajstić information content (AvgIpc) is 3.57. The molecule has 2 aromatic carbocycles. The lowest BCUT2D eigenvalue weighted by molar-refractivity contribution is 0.184. The summed E-state index contributed by atoms with van der Waals surface area (Å²) in [6.45, 7) is 1.62. The number of aromatic nitrogens is 2. The van der Waals surface area contributed by atoms with E-state index in [2.05, 4.69) is 22.1 Å². The summed E-state index contributed by atoms with van der Waals surface area (Å²) in [5, 5.41) is 4.51. The van der Waals surface area contributed by atoms with Crippen LogP contribution < -0.4 is 14.2 Å². The summed E-state index contributed by atoms with van der Waals surface area (Å²) in [5.74, 6) is 2.81. The van der Waals surface area contributed by atoms with Crippen LogP contribution in [0.15, 0.2) is 52.9 Å². The summed E-state index contributed by atoms with van der Waals surface area (Å²) < 4.78 is 23.5. The lowest BCUT2D eigenvalue weighted by atomic mass is 10.2. The summed E-state index contributed by atoms with van der Waals surface area (Å²) in [6, 6.07) is 16.1. The number of rotatable bonds is 10. The van der Waals surface area contributed by atoms with Crippen molar-refractivity contribution in [3.8, 4) is 17.2 Å². The summed E-state index contributed by atoms with van der Waals surface area (Å²) in [6.07, 6.45) is 2.38. The first-order chi connectivity index (χ1) is 14.6. The van der Waals surface area contributed by atoms with Gasteiger partial charge in [0.25, 0.3) is 10.7 Å². The Labute approximate surface area is 180 Å². The van der Waals surface area contributed by atoms with E-state index in [4.69, 9.17) is 30.8 Å². The molecule has 3 aromatic rings. The minimum atomic E-state index is 0.213. The van der Waals surface area contributed by atoms with E-state index in [1.54, 1.807) is 18.9 Å². The summed E-state index contributed by atoms with van der Waals surface area (Å²) >= 11 is 5.38. The Hall–Kier alpha value is -2.84. The molecule has 1 aliphatic rings. The lowest BCUT2D eigenvalue weighted by Crippen LogP contribution is -2.29. The fourth-order valence-electron chi connectivity index (χ4n) is 3.19. The first-order valence-electron chi connectivity index (χ1n) is 9.85. The predicted molar refractivity (Wildman–Crippen MR) is 114 cm³/mol. The minimum Gasteiger partial charge on any atom is -0.497 e. The van der Waals surface area contributed by atoms with Crippen molar-refractivity contribution in [3.63, 3.8) is 0 Å². The van der Waals surface area contributed by atoms with Crippen molar-refractivity contribution in [2.75, 3.05) is 14.2 Å². The second kappa shape index (κ2) is 9.32. The molecule has 1 aromatic heterocycles. The van der Waals surface area contributed by atoms with Gasteiger partial charge in [0, 0.05) is 12.6 Å². The molecule has 158 valence electrons. The van der Waals surface area contributed by atoms with Crippen molar-refractivity contribution in [3.05, 3.63) is 64.8 Å². The van der Waals surface area contributed by atoms with Gasteiger partial charge in [-0.25, -0.2) is 4.68 Å². The second-order valence-corrected chi connectivity index (χ2v) is 7.54. The molecule has 4 rings (SSSR count). The van der Waals surface area contributed by atoms with Crippen molar-refractivity contribution in [1.82, 2.24) is 14.7 Å². The van der Waals surface area contributed by atoms with Crippen LogP contribution in [-0.4, -0.2) is 34.9 Å². The number of ether oxygens (including phenoxy) is 3. The SMILES string of the molecule is COc1ccc(CN(Cn2nc(COc3ccc(OC)cc3)oc2=S)C2CC2)cc1. The zero-order chi connectivity index (χ0) is 20.9. The molecule has 0 unspecified atom stereocenters. The molecule has 30 heavy (non-hydrogen) atoms. The van der Waals surface area contributed by atoms with Gasteiger partial charge in [0.15, 0.2) is 6.61 Å². The quantitative estimate of drug-likeness (QED) is 0.444. The molecule has 0 atom stereocenters. The molecule has 0 bridgehead atoms. The van der Waals surface area contributed by atoms with E-state index >= 15 is 0 Å². The van der Waals surface area contributed by atoms with Gasteiger partial charge in [0.05, 0.1) is 20.9 Å². The molecule has 7 nitrogen and oxygen atoms in total. The molecule has 0 amide bonds. The monoisotopic (exact) mass is 427 g/mol. The summed E-state index contributed by atoms with van der Waals surface area (Å²) in [7, 11) is 3.31. The highest BCUT2D eigenvalue weighted by Gasteiger charge is 2.29. The lowest BCUT2D eigenvalue weighted by Gasteiger charge is -2.21. The van der Waals surface area contributed by atoms with Crippen LogP contribution in [-0.2, 0) is 19.8 Å². The van der Waals surface area contributed by atoms with Gasteiger partial charge in [-0.2, -0.15) is 0 Å². The molecule has 0 N–H and O–H groups in total. The average molecular weight is 428 g/mol. The molecule has 1 heterocycles. The molecular formula is C22H25N3O4S. The highest BCUT2D eigenvalue weighted by Crippen LogP contribution is 2.29. The molecular weight excluding hydrogens is 402 g/mol. The van der Waals surface area contributed by atoms with Crippen molar-refractivity contribution in [1.29, 1.82) is 0 Å². The molecule has 8 heteroatoms.